The van der Waals surface area contributed by atoms with Crippen molar-refractivity contribution in [2.45, 2.75) is 36.8 Å². The number of aromatic amines is 1. The van der Waals surface area contributed by atoms with Crippen molar-refractivity contribution < 1.29 is 17.9 Å². The first-order chi connectivity index (χ1) is 15.9. The van der Waals surface area contributed by atoms with Crippen LogP contribution in [0, 0.1) is 6.92 Å². The van der Waals surface area contributed by atoms with Crippen molar-refractivity contribution in [3.05, 3.63) is 101 Å². The van der Waals surface area contributed by atoms with Crippen LogP contribution in [-0.4, -0.2) is 26.0 Å². The van der Waals surface area contributed by atoms with E-state index in [1.54, 1.807) is 31.2 Å². The van der Waals surface area contributed by atoms with Gasteiger partial charge < -0.3 is 9.72 Å². The smallest absolute Gasteiger partial charge is 0.355 e. The van der Waals surface area contributed by atoms with Crippen molar-refractivity contribution >= 4 is 26.7 Å². The largest absolute Gasteiger partial charge is 0.461 e. The van der Waals surface area contributed by atoms with Gasteiger partial charge in [0.1, 0.15) is 5.69 Å². The molecule has 33 heavy (non-hydrogen) atoms. The summed E-state index contributed by atoms with van der Waals surface area (Å²) in [5, 5.41) is -0.203. The van der Waals surface area contributed by atoms with Crippen molar-refractivity contribution in [2.24, 2.45) is 0 Å². The average Bonchev–Trinajstić information content (AvgIpc) is 3.20. The normalized spacial score (nSPS) is 12.5. The minimum absolute atomic E-state index is 0.201. The van der Waals surface area contributed by atoms with Crippen molar-refractivity contribution in [3.63, 3.8) is 0 Å². The summed E-state index contributed by atoms with van der Waals surface area (Å²) < 4.78 is 33.2. The van der Waals surface area contributed by atoms with Crippen molar-refractivity contribution in [2.75, 3.05) is 6.61 Å². The number of benzene rings is 3. The lowest BCUT2D eigenvalue weighted by molar-refractivity contribution is 0.0519. The molecule has 0 aliphatic rings. The van der Waals surface area contributed by atoms with E-state index in [4.69, 9.17) is 4.74 Å². The Morgan fingerprint density at radius 2 is 1.61 bits per heavy atom. The average molecular weight is 462 g/mol. The third kappa shape index (κ3) is 4.71. The number of para-hydroxylation sites is 1. The van der Waals surface area contributed by atoms with Crippen LogP contribution in [0.25, 0.3) is 10.9 Å². The highest BCUT2D eigenvalue weighted by Gasteiger charge is 2.35. The third-order valence-electron chi connectivity index (χ3n) is 5.81. The van der Waals surface area contributed by atoms with Crippen molar-refractivity contribution in [1.29, 1.82) is 0 Å². The van der Waals surface area contributed by atoms with Gasteiger partial charge in [-0.15, -0.1) is 0 Å². The Morgan fingerprint density at radius 1 is 0.939 bits per heavy atom. The molecular weight excluding hydrogens is 434 g/mol. The van der Waals surface area contributed by atoms with Crippen LogP contribution in [0.3, 0.4) is 0 Å². The fourth-order valence-corrected chi connectivity index (χ4v) is 5.98. The van der Waals surface area contributed by atoms with Gasteiger partial charge in [-0.3, -0.25) is 0 Å². The molecule has 4 aromatic rings. The number of carbonyl (C=O) groups is 1. The molecule has 6 heteroatoms. The lowest BCUT2D eigenvalue weighted by Crippen LogP contribution is -2.18. The minimum Gasteiger partial charge on any atom is -0.461 e. The van der Waals surface area contributed by atoms with Gasteiger partial charge in [-0.05, 0) is 50.5 Å². The van der Waals surface area contributed by atoms with E-state index in [2.05, 4.69) is 4.98 Å². The van der Waals surface area contributed by atoms with Gasteiger partial charge in [-0.25, -0.2) is 13.2 Å². The first-order valence-electron chi connectivity index (χ1n) is 11.0. The Kier molecular flexibility index (Phi) is 6.65. The number of aromatic nitrogens is 1. The van der Waals surface area contributed by atoms with Crippen LogP contribution >= 0.6 is 0 Å². The van der Waals surface area contributed by atoms with E-state index in [0.717, 1.165) is 11.1 Å². The van der Waals surface area contributed by atoms with Gasteiger partial charge in [0.05, 0.1) is 16.8 Å². The van der Waals surface area contributed by atoms with Gasteiger partial charge in [-0.1, -0.05) is 66.2 Å². The molecule has 0 bridgehead atoms. The van der Waals surface area contributed by atoms with Crippen LogP contribution in [0.4, 0.5) is 0 Å². The molecule has 1 aromatic heterocycles. The molecule has 5 nitrogen and oxygen atoms in total. The number of fused-ring (bicyclic) bond motifs is 1. The van der Waals surface area contributed by atoms with Gasteiger partial charge in [0, 0.05) is 16.5 Å². The monoisotopic (exact) mass is 461 g/mol. The van der Waals surface area contributed by atoms with Crippen LogP contribution < -0.4 is 0 Å². The van der Waals surface area contributed by atoms with E-state index < -0.39 is 21.1 Å². The highest BCUT2D eigenvalue weighted by atomic mass is 32.2. The van der Waals surface area contributed by atoms with Gasteiger partial charge >= 0.3 is 5.97 Å². The molecule has 1 N–H and O–H groups in total. The number of aryl methyl sites for hydroxylation is 2. The quantitative estimate of drug-likeness (QED) is 0.336. The van der Waals surface area contributed by atoms with Gasteiger partial charge in [-0.2, -0.15) is 0 Å². The number of carbonyl (C=O) groups excluding carboxylic acids is 1. The molecule has 0 spiro atoms. The Bertz CT molecular complexity index is 1360. The minimum atomic E-state index is -3.80. The van der Waals surface area contributed by atoms with E-state index >= 15 is 0 Å². The number of nitrogens with one attached hydrogen (secondary N) is 1. The maximum Gasteiger partial charge on any atom is 0.355 e. The number of ether oxygens (including phenoxy) is 1. The Labute approximate surface area is 194 Å². The number of sulfone groups is 1. The topological polar surface area (TPSA) is 76.2 Å². The summed E-state index contributed by atoms with van der Waals surface area (Å²) in [6, 6.07) is 24.0. The molecule has 0 radical (unpaired) electrons. The highest BCUT2D eigenvalue weighted by Crippen LogP contribution is 2.39. The third-order valence-corrected chi connectivity index (χ3v) is 7.96. The molecule has 170 valence electrons. The Hall–Kier alpha value is -3.38. The molecule has 0 aliphatic carbocycles. The summed E-state index contributed by atoms with van der Waals surface area (Å²) in [7, 11) is -3.80. The molecule has 1 atom stereocenters. The van der Waals surface area contributed by atoms with Crippen molar-refractivity contribution in [1.82, 2.24) is 4.98 Å². The van der Waals surface area contributed by atoms with Gasteiger partial charge in [0.15, 0.2) is 9.84 Å². The second-order valence-electron chi connectivity index (χ2n) is 8.05. The van der Waals surface area contributed by atoms with Crippen LogP contribution in [0.2, 0.25) is 0 Å². The molecular formula is C27H27NO4S. The first kappa shape index (κ1) is 22.8. The maximum absolute atomic E-state index is 14.0. The Morgan fingerprint density at radius 3 is 2.30 bits per heavy atom. The summed E-state index contributed by atoms with van der Waals surface area (Å²) in [4.78, 5) is 16.2. The summed E-state index contributed by atoms with van der Waals surface area (Å²) in [5.41, 5.74) is 3.40. The zero-order valence-electron chi connectivity index (χ0n) is 18.7. The number of hydrogen-bond donors (Lipinski definition) is 1. The zero-order valence-corrected chi connectivity index (χ0v) is 19.6. The molecule has 0 saturated heterocycles. The second-order valence-corrected chi connectivity index (χ2v) is 10.2. The number of esters is 1. The van der Waals surface area contributed by atoms with Crippen molar-refractivity contribution in [3.8, 4) is 0 Å². The lowest BCUT2D eigenvalue weighted by atomic mass is 10.0. The van der Waals surface area contributed by atoms with E-state index in [1.165, 1.54) is 0 Å². The molecule has 3 aromatic carbocycles. The standard InChI is InChI=1S/C27H27NO4S/c1-3-32-27(29)26-25(22-11-7-8-12-23(22)28-26)24(18-15-20-9-5-4-6-10-20)33(30,31)21-16-13-19(2)14-17-21/h4-14,16-17,24,28H,3,15,18H2,1-2H3. The number of rotatable bonds is 8. The molecule has 1 heterocycles. The van der Waals surface area contributed by atoms with Crippen LogP contribution in [0.1, 0.15) is 45.8 Å². The molecule has 0 aliphatic heterocycles. The van der Waals surface area contributed by atoms with Crippen LogP contribution in [0.15, 0.2) is 83.8 Å². The SMILES string of the molecule is CCOC(=O)c1[nH]c2ccccc2c1C(CCc1ccccc1)S(=O)(=O)c1ccc(C)cc1. The zero-order chi connectivity index (χ0) is 23.4. The summed E-state index contributed by atoms with van der Waals surface area (Å²) in [5.74, 6) is -0.549. The summed E-state index contributed by atoms with van der Waals surface area (Å²) >= 11 is 0. The predicted molar refractivity (Wildman–Crippen MR) is 130 cm³/mol. The molecule has 1 unspecified atom stereocenters. The van der Waals surface area contributed by atoms with E-state index in [0.29, 0.717) is 29.3 Å². The van der Waals surface area contributed by atoms with Gasteiger partial charge in [0.2, 0.25) is 0 Å². The second kappa shape index (κ2) is 9.63. The fraction of sp³-hybridized carbons (Fsp3) is 0.222. The summed E-state index contributed by atoms with van der Waals surface area (Å²) in [6.45, 7) is 3.85. The molecule has 0 fully saturated rings. The molecule has 4 rings (SSSR count). The number of hydrogen-bond acceptors (Lipinski definition) is 4. The fourth-order valence-electron chi connectivity index (χ4n) is 4.15. The van der Waals surface area contributed by atoms with Crippen LogP contribution in [0.5, 0.6) is 0 Å². The molecule has 0 saturated carbocycles. The van der Waals surface area contributed by atoms with E-state index in [9.17, 15) is 13.2 Å². The summed E-state index contributed by atoms with van der Waals surface area (Å²) in [6.07, 6.45) is 0.882. The first-order valence-corrected chi connectivity index (χ1v) is 12.6. The lowest BCUT2D eigenvalue weighted by Gasteiger charge is -2.19. The maximum atomic E-state index is 14.0. The van der Waals surface area contributed by atoms with E-state index in [-0.39, 0.29) is 17.2 Å². The Balaban J connectivity index is 1.89. The molecule has 0 amide bonds. The van der Waals surface area contributed by atoms with Crippen LogP contribution in [-0.2, 0) is 21.0 Å². The number of H-pyrrole nitrogens is 1. The van der Waals surface area contributed by atoms with E-state index in [1.807, 2.05) is 61.5 Å². The van der Waals surface area contributed by atoms with Gasteiger partial charge in [0.25, 0.3) is 0 Å². The highest BCUT2D eigenvalue weighted by molar-refractivity contribution is 7.91. The predicted octanol–water partition coefficient (Wildman–Crippen LogP) is 5.80.